The minimum Gasteiger partial charge on any atom is -0.480 e. The molecular weight excluding hydrogens is 537 g/mol. The molecule has 4 bridgehead atoms. The van der Waals surface area contributed by atoms with Crippen LogP contribution in [0.4, 0.5) is 18.9 Å². The number of fused-ring (bicyclic) bond motifs is 1. The molecule has 5 nitrogen and oxygen atoms in total. The summed E-state index contributed by atoms with van der Waals surface area (Å²) in [6.45, 7) is 0.280. The van der Waals surface area contributed by atoms with E-state index >= 15 is 0 Å². The van der Waals surface area contributed by atoms with Crippen molar-refractivity contribution in [2.45, 2.75) is 61.5 Å². The van der Waals surface area contributed by atoms with Crippen LogP contribution in [0.3, 0.4) is 0 Å². The van der Waals surface area contributed by atoms with Gasteiger partial charge in [-0.2, -0.15) is 13.2 Å². The average molecular weight is 569 g/mol. The topological polar surface area (TPSA) is 78.4 Å². The molecule has 4 aliphatic carbocycles. The zero-order chi connectivity index (χ0) is 28.1. The predicted molar refractivity (Wildman–Crippen MR) is 149 cm³/mol. The number of hydrogen-bond donors (Lipinski definition) is 3. The van der Waals surface area contributed by atoms with E-state index in [0.29, 0.717) is 29.0 Å². The van der Waals surface area contributed by atoms with Gasteiger partial charge in [0.25, 0.3) is 5.91 Å². The Hall–Kier alpha value is -3.20. The number of alkyl halides is 3. The van der Waals surface area contributed by atoms with E-state index in [1.807, 2.05) is 30.3 Å². The average Bonchev–Trinajstić information content (AvgIpc) is 2.89. The van der Waals surface area contributed by atoms with Gasteiger partial charge in [0.05, 0.1) is 11.3 Å². The second-order valence-electron chi connectivity index (χ2n) is 11.8. The molecule has 0 heterocycles. The molecule has 0 saturated heterocycles. The molecule has 3 aromatic rings. The molecule has 0 unspecified atom stereocenters. The zero-order valence-electron chi connectivity index (χ0n) is 21.8. The first-order valence-corrected chi connectivity index (χ1v) is 14.5. The molecule has 4 aliphatic rings. The molecule has 0 aliphatic heterocycles. The number of carboxylic acid groups (broad SMARTS) is 1. The summed E-state index contributed by atoms with van der Waals surface area (Å²) < 4.78 is 38.1. The summed E-state index contributed by atoms with van der Waals surface area (Å²) in [5.41, 5.74) is -3.09. The molecular formula is C31H31F3N2O3S. The molecule has 210 valence electrons. The molecule has 1 atom stereocenters. The van der Waals surface area contributed by atoms with E-state index in [-0.39, 0.29) is 23.2 Å². The van der Waals surface area contributed by atoms with Gasteiger partial charge in [-0.25, -0.2) is 4.79 Å². The van der Waals surface area contributed by atoms with Crippen molar-refractivity contribution in [3.63, 3.8) is 0 Å². The standard InChI is InChI=1S/C31H31F3N2O3S/c32-31(33,34)40-23-8-5-18(6-9-23)17-35-26-24-4-2-1-3-22(24)7-10-25(26)28(37)36-27(29(38)39)30-14-19-11-20(15-30)13-21(12-19)16-30/h1-10,19-21,27,35H,11-17H2,(H,36,37)(H,38,39)/t19?,20?,21?,27-,30?/m1/s1. The maximum absolute atomic E-state index is 13.8. The fourth-order valence-electron chi connectivity index (χ4n) is 7.87. The number of nitrogens with one attached hydrogen (secondary N) is 2. The molecule has 7 rings (SSSR count). The van der Waals surface area contributed by atoms with Crippen molar-refractivity contribution in [2.75, 3.05) is 5.32 Å². The summed E-state index contributed by atoms with van der Waals surface area (Å²) >= 11 is -0.161. The number of halogens is 3. The first-order chi connectivity index (χ1) is 19.1. The van der Waals surface area contributed by atoms with Crippen molar-refractivity contribution in [2.24, 2.45) is 23.2 Å². The molecule has 0 spiro atoms. The fraction of sp³-hybridized carbons (Fsp3) is 0.419. The van der Waals surface area contributed by atoms with Gasteiger partial charge < -0.3 is 15.7 Å². The second kappa shape index (κ2) is 10.3. The molecule has 3 aromatic carbocycles. The van der Waals surface area contributed by atoms with Gasteiger partial charge in [0.15, 0.2) is 0 Å². The van der Waals surface area contributed by atoms with Crippen molar-refractivity contribution < 1.29 is 27.9 Å². The van der Waals surface area contributed by atoms with E-state index in [9.17, 15) is 27.9 Å². The minimum absolute atomic E-state index is 0.103. The SMILES string of the molecule is O=C(N[C@H](C(=O)O)C12CC3CC(CC(C3)C1)C2)c1ccc2ccccc2c1NCc1ccc(SC(F)(F)F)cc1. The van der Waals surface area contributed by atoms with Crippen LogP contribution < -0.4 is 10.6 Å². The largest absolute Gasteiger partial charge is 0.480 e. The van der Waals surface area contributed by atoms with Crippen molar-refractivity contribution in [3.05, 3.63) is 71.8 Å². The van der Waals surface area contributed by atoms with E-state index in [1.165, 1.54) is 31.4 Å². The summed E-state index contributed by atoms with van der Waals surface area (Å²) in [4.78, 5) is 26.5. The lowest BCUT2D eigenvalue weighted by Gasteiger charge is -2.58. The first kappa shape index (κ1) is 27.0. The van der Waals surface area contributed by atoms with E-state index in [0.717, 1.165) is 35.6 Å². The Kier molecular flexibility index (Phi) is 6.97. The lowest BCUT2D eigenvalue weighted by Crippen LogP contribution is -2.59. The van der Waals surface area contributed by atoms with Crippen LogP contribution in [-0.2, 0) is 11.3 Å². The highest BCUT2D eigenvalue weighted by Gasteiger charge is 2.56. The molecule has 4 saturated carbocycles. The van der Waals surface area contributed by atoms with Gasteiger partial charge in [-0.15, -0.1) is 0 Å². The highest BCUT2D eigenvalue weighted by molar-refractivity contribution is 8.00. The Morgan fingerprint density at radius 1 is 0.925 bits per heavy atom. The summed E-state index contributed by atoms with van der Waals surface area (Å²) in [5, 5.41) is 18.3. The monoisotopic (exact) mass is 568 g/mol. The number of rotatable bonds is 8. The lowest BCUT2D eigenvalue weighted by atomic mass is 9.47. The van der Waals surface area contributed by atoms with Gasteiger partial charge in [0.2, 0.25) is 0 Å². The van der Waals surface area contributed by atoms with E-state index < -0.39 is 28.8 Å². The van der Waals surface area contributed by atoms with Gasteiger partial charge in [-0.1, -0.05) is 42.5 Å². The van der Waals surface area contributed by atoms with E-state index in [1.54, 1.807) is 18.2 Å². The Morgan fingerprint density at radius 3 is 2.15 bits per heavy atom. The predicted octanol–water partition coefficient (Wildman–Crippen LogP) is 7.46. The maximum Gasteiger partial charge on any atom is 0.446 e. The Bertz CT molecular complexity index is 1400. The molecule has 4 fully saturated rings. The summed E-state index contributed by atoms with van der Waals surface area (Å²) in [6, 6.07) is 16.3. The van der Waals surface area contributed by atoms with Crippen LogP contribution in [0.1, 0.15) is 54.4 Å². The molecule has 0 aromatic heterocycles. The number of carboxylic acids is 1. The number of carbonyl (C=O) groups is 2. The number of thioether (sulfide) groups is 1. The zero-order valence-corrected chi connectivity index (χ0v) is 22.7. The summed E-state index contributed by atoms with van der Waals surface area (Å²) in [5.74, 6) is 0.215. The van der Waals surface area contributed by atoms with Crippen LogP contribution in [-0.4, -0.2) is 28.5 Å². The third-order valence-corrected chi connectivity index (χ3v) is 9.76. The molecule has 40 heavy (non-hydrogen) atoms. The van der Waals surface area contributed by atoms with Gasteiger partial charge in [-0.05, 0) is 97.2 Å². The lowest BCUT2D eigenvalue weighted by molar-refractivity contribution is -0.150. The van der Waals surface area contributed by atoms with E-state index in [4.69, 9.17) is 0 Å². The fourth-order valence-corrected chi connectivity index (χ4v) is 8.41. The molecule has 9 heteroatoms. The number of hydrogen-bond acceptors (Lipinski definition) is 4. The van der Waals surface area contributed by atoms with Crippen LogP contribution in [0, 0.1) is 23.2 Å². The maximum atomic E-state index is 13.8. The summed E-state index contributed by atoms with van der Waals surface area (Å²) in [6.07, 6.45) is 6.07. The third kappa shape index (κ3) is 5.40. The van der Waals surface area contributed by atoms with E-state index in [2.05, 4.69) is 10.6 Å². The van der Waals surface area contributed by atoms with Crippen molar-refractivity contribution in [3.8, 4) is 0 Å². The van der Waals surface area contributed by atoms with Crippen LogP contribution in [0.5, 0.6) is 0 Å². The molecule has 0 radical (unpaired) electrons. The minimum atomic E-state index is -4.35. The van der Waals surface area contributed by atoms with Crippen LogP contribution >= 0.6 is 11.8 Å². The highest BCUT2D eigenvalue weighted by atomic mass is 32.2. The number of aliphatic carboxylic acids is 1. The van der Waals surface area contributed by atoms with Gasteiger partial charge in [0, 0.05) is 22.2 Å². The second-order valence-corrected chi connectivity index (χ2v) is 12.9. The highest BCUT2D eigenvalue weighted by Crippen LogP contribution is 2.61. The van der Waals surface area contributed by atoms with Crippen molar-refractivity contribution in [1.29, 1.82) is 0 Å². The third-order valence-electron chi connectivity index (χ3n) is 9.02. The smallest absolute Gasteiger partial charge is 0.446 e. The molecule has 3 N–H and O–H groups in total. The van der Waals surface area contributed by atoms with Crippen LogP contribution in [0.25, 0.3) is 10.8 Å². The van der Waals surface area contributed by atoms with Crippen LogP contribution in [0.2, 0.25) is 0 Å². The Balaban J connectivity index is 1.26. The first-order valence-electron chi connectivity index (χ1n) is 13.7. The Morgan fingerprint density at radius 2 is 1.55 bits per heavy atom. The van der Waals surface area contributed by atoms with Gasteiger partial charge in [-0.3, -0.25) is 4.79 Å². The van der Waals surface area contributed by atoms with Crippen molar-refractivity contribution >= 4 is 40.1 Å². The van der Waals surface area contributed by atoms with Crippen molar-refractivity contribution in [1.82, 2.24) is 5.32 Å². The van der Waals surface area contributed by atoms with Crippen LogP contribution in [0.15, 0.2) is 65.6 Å². The number of anilines is 1. The quantitative estimate of drug-likeness (QED) is 0.246. The summed E-state index contributed by atoms with van der Waals surface area (Å²) in [7, 11) is 0. The van der Waals surface area contributed by atoms with Gasteiger partial charge in [0.1, 0.15) is 6.04 Å². The number of amides is 1. The van der Waals surface area contributed by atoms with Gasteiger partial charge >= 0.3 is 11.5 Å². The normalized spacial score (nSPS) is 26.0. The number of benzene rings is 3. The number of carbonyl (C=O) groups excluding carboxylic acids is 1. The Labute approximate surface area is 234 Å². The molecule has 1 amide bonds.